The number of ether oxygens (including phenoxy) is 1. The van der Waals surface area contributed by atoms with Gasteiger partial charge in [0.05, 0.1) is 18.2 Å². The normalized spacial score (nSPS) is 17.2. The molecule has 1 aromatic carbocycles. The highest BCUT2D eigenvalue weighted by Crippen LogP contribution is 2.35. The van der Waals surface area contributed by atoms with Gasteiger partial charge in [-0.15, -0.1) is 0 Å². The van der Waals surface area contributed by atoms with E-state index in [0.29, 0.717) is 5.70 Å². The zero-order chi connectivity index (χ0) is 18.7. The lowest BCUT2D eigenvalue weighted by Gasteiger charge is -2.33. The van der Waals surface area contributed by atoms with Crippen molar-refractivity contribution >= 4 is 40.7 Å². The van der Waals surface area contributed by atoms with Crippen molar-refractivity contribution < 1.29 is 18.7 Å². The molecular formula is C17H18ClFN2O3S. The molecule has 0 aliphatic carbocycles. The lowest BCUT2D eigenvalue weighted by Crippen LogP contribution is -2.48. The van der Waals surface area contributed by atoms with Crippen LogP contribution in [0.5, 0.6) is 0 Å². The third-order valence-electron chi connectivity index (χ3n) is 3.67. The summed E-state index contributed by atoms with van der Waals surface area (Å²) in [6.07, 6.45) is 0. The molecule has 2 N–H and O–H groups in total. The van der Waals surface area contributed by atoms with E-state index in [1.54, 1.807) is 6.92 Å². The van der Waals surface area contributed by atoms with Crippen LogP contribution in [0.4, 0.5) is 4.39 Å². The van der Waals surface area contributed by atoms with Gasteiger partial charge in [0.15, 0.2) is 5.11 Å². The summed E-state index contributed by atoms with van der Waals surface area (Å²) in [6, 6.07) is 3.21. The summed E-state index contributed by atoms with van der Waals surface area (Å²) in [5.41, 5.74) is 0.541. The van der Waals surface area contributed by atoms with E-state index in [1.807, 2.05) is 13.8 Å². The van der Waals surface area contributed by atoms with Gasteiger partial charge in [0.2, 0.25) is 0 Å². The maximum atomic E-state index is 14.4. The summed E-state index contributed by atoms with van der Waals surface area (Å²) in [6.45, 7) is 5.31. The molecule has 0 radical (unpaired) electrons. The highest BCUT2D eigenvalue weighted by atomic mass is 35.5. The molecule has 25 heavy (non-hydrogen) atoms. The third kappa shape index (κ3) is 3.99. The Morgan fingerprint density at radius 2 is 2.08 bits per heavy atom. The number of hydrogen-bond acceptors (Lipinski definition) is 4. The van der Waals surface area contributed by atoms with Crippen LogP contribution in [-0.4, -0.2) is 23.5 Å². The second-order valence-electron chi connectivity index (χ2n) is 5.70. The number of benzene rings is 1. The van der Waals surface area contributed by atoms with Crippen molar-refractivity contribution in [3.05, 3.63) is 45.9 Å². The van der Waals surface area contributed by atoms with Crippen LogP contribution in [0.2, 0.25) is 5.02 Å². The van der Waals surface area contributed by atoms with E-state index in [4.69, 9.17) is 28.6 Å². The molecule has 1 aromatic rings. The Labute approximate surface area is 155 Å². The maximum absolute atomic E-state index is 14.4. The first-order chi connectivity index (χ1) is 11.8. The summed E-state index contributed by atoms with van der Waals surface area (Å²) >= 11 is 11.3. The van der Waals surface area contributed by atoms with Gasteiger partial charge in [-0.3, -0.25) is 4.79 Å². The molecule has 0 amide bonds. The van der Waals surface area contributed by atoms with Crippen LogP contribution in [-0.2, 0) is 14.3 Å². The third-order valence-corrected chi connectivity index (χ3v) is 4.22. The Kier molecular flexibility index (Phi) is 6.13. The number of carbonyl (C=O) groups is 2. The molecule has 2 rings (SSSR count). The summed E-state index contributed by atoms with van der Waals surface area (Å²) in [5.74, 6) is -2.64. The number of thiocarbonyl (C=S) groups is 1. The summed E-state index contributed by atoms with van der Waals surface area (Å²) in [5, 5.41) is 6.07. The van der Waals surface area contributed by atoms with Gasteiger partial charge in [-0.05, 0) is 37.2 Å². The van der Waals surface area contributed by atoms with E-state index in [0.717, 1.165) is 0 Å². The van der Waals surface area contributed by atoms with Crippen LogP contribution in [0.1, 0.15) is 32.4 Å². The first-order valence-electron chi connectivity index (χ1n) is 7.74. The van der Waals surface area contributed by atoms with E-state index >= 15 is 0 Å². The fourth-order valence-corrected chi connectivity index (χ4v) is 3.10. The van der Waals surface area contributed by atoms with Crippen LogP contribution < -0.4 is 10.6 Å². The van der Waals surface area contributed by atoms with E-state index in [2.05, 4.69) is 10.6 Å². The number of rotatable bonds is 5. The summed E-state index contributed by atoms with van der Waals surface area (Å²) in [4.78, 5) is 24.7. The van der Waals surface area contributed by atoms with Gasteiger partial charge in [0.25, 0.3) is 5.78 Å². The van der Waals surface area contributed by atoms with Gasteiger partial charge in [-0.1, -0.05) is 31.5 Å². The van der Waals surface area contributed by atoms with Gasteiger partial charge in [-0.25, -0.2) is 9.18 Å². The molecule has 0 aromatic heterocycles. The highest BCUT2D eigenvalue weighted by molar-refractivity contribution is 7.80. The van der Waals surface area contributed by atoms with Crippen LogP contribution in [0, 0.1) is 11.7 Å². The van der Waals surface area contributed by atoms with E-state index in [9.17, 15) is 14.0 Å². The Morgan fingerprint density at radius 3 is 2.64 bits per heavy atom. The number of allylic oxidation sites excluding steroid dienone is 1. The average molecular weight is 385 g/mol. The number of carbonyl (C=O) groups excluding carboxylic acids is 2. The standard InChI is InChI=1S/C17H18ClFN2O3S/c1-4-24-16(23)15(22)12-13(8(2)3)20-17(25)21-14(12)11-9(18)6-5-7-10(11)19/h5-8,14H,4H2,1-3H3,(H2,20,21,25)/t14-/m1/s1. The molecule has 5 nitrogen and oxygen atoms in total. The van der Waals surface area contributed by atoms with E-state index < -0.39 is 23.6 Å². The van der Waals surface area contributed by atoms with Gasteiger partial charge in [0, 0.05) is 16.3 Å². The lowest BCUT2D eigenvalue weighted by atomic mass is 9.88. The Morgan fingerprint density at radius 1 is 1.40 bits per heavy atom. The molecule has 134 valence electrons. The van der Waals surface area contributed by atoms with Crippen molar-refractivity contribution in [2.24, 2.45) is 5.92 Å². The topological polar surface area (TPSA) is 67.4 Å². The Bertz CT molecular complexity index is 744. The van der Waals surface area contributed by atoms with Crippen molar-refractivity contribution in [2.45, 2.75) is 26.8 Å². The molecule has 1 atom stereocenters. The highest BCUT2D eigenvalue weighted by Gasteiger charge is 2.38. The average Bonchev–Trinajstić information content (AvgIpc) is 2.53. The van der Waals surface area contributed by atoms with Crippen molar-refractivity contribution in [1.82, 2.24) is 10.6 Å². The Balaban J connectivity index is 2.67. The van der Waals surface area contributed by atoms with Crippen molar-refractivity contribution in [1.29, 1.82) is 0 Å². The van der Waals surface area contributed by atoms with Crippen LogP contribution in [0.3, 0.4) is 0 Å². The second kappa shape index (κ2) is 7.93. The minimum absolute atomic E-state index is 0.0500. The molecule has 1 aliphatic rings. The molecule has 0 saturated carbocycles. The van der Waals surface area contributed by atoms with Crippen molar-refractivity contribution in [3.63, 3.8) is 0 Å². The fourth-order valence-electron chi connectivity index (χ4n) is 2.60. The smallest absolute Gasteiger partial charge is 0.379 e. The summed E-state index contributed by atoms with van der Waals surface area (Å²) in [7, 11) is 0. The largest absolute Gasteiger partial charge is 0.460 e. The monoisotopic (exact) mass is 384 g/mol. The molecule has 0 unspecified atom stereocenters. The number of hydrogen-bond donors (Lipinski definition) is 2. The molecule has 0 spiro atoms. The van der Waals surface area contributed by atoms with Crippen molar-refractivity contribution in [3.8, 4) is 0 Å². The molecular weight excluding hydrogens is 367 g/mol. The lowest BCUT2D eigenvalue weighted by molar-refractivity contribution is -0.152. The maximum Gasteiger partial charge on any atom is 0.379 e. The van der Waals surface area contributed by atoms with Crippen LogP contribution >= 0.6 is 23.8 Å². The zero-order valence-corrected chi connectivity index (χ0v) is 15.6. The predicted molar refractivity (Wildman–Crippen MR) is 96.5 cm³/mol. The molecule has 0 bridgehead atoms. The minimum Gasteiger partial charge on any atom is -0.460 e. The van der Waals surface area contributed by atoms with Crippen LogP contribution in [0.15, 0.2) is 29.5 Å². The molecule has 0 fully saturated rings. The van der Waals surface area contributed by atoms with E-state index in [-0.39, 0.29) is 33.8 Å². The molecule has 0 saturated heterocycles. The first kappa shape index (κ1) is 19.3. The number of nitrogens with one attached hydrogen (secondary N) is 2. The predicted octanol–water partition coefficient (Wildman–Crippen LogP) is 3.04. The van der Waals surface area contributed by atoms with E-state index in [1.165, 1.54) is 18.2 Å². The number of ketones is 1. The fraction of sp³-hybridized carbons (Fsp3) is 0.353. The first-order valence-corrected chi connectivity index (χ1v) is 8.53. The van der Waals surface area contributed by atoms with Crippen molar-refractivity contribution in [2.75, 3.05) is 6.61 Å². The minimum atomic E-state index is -1.01. The molecule has 1 aliphatic heterocycles. The Hall–Kier alpha value is -1.99. The van der Waals surface area contributed by atoms with Gasteiger partial charge < -0.3 is 15.4 Å². The second-order valence-corrected chi connectivity index (χ2v) is 6.51. The van der Waals surface area contributed by atoms with Crippen LogP contribution in [0.25, 0.3) is 0 Å². The molecule has 8 heteroatoms. The zero-order valence-electron chi connectivity index (χ0n) is 14.0. The number of Topliss-reactive ketones (excluding diaryl/α,β-unsaturated/α-hetero) is 1. The number of esters is 1. The quantitative estimate of drug-likeness (QED) is 0.462. The van der Waals surface area contributed by atoms with Gasteiger partial charge in [-0.2, -0.15) is 0 Å². The SMILES string of the molecule is CCOC(=O)C(=O)C1=C(C(C)C)NC(=S)N[C@@H]1c1c(F)cccc1Cl. The van der Waals surface area contributed by atoms with Gasteiger partial charge in [0.1, 0.15) is 5.82 Å². The van der Waals surface area contributed by atoms with Gasteiger partial charge >= 0.3 is 5.97 Å². The summed E-state index contributed by atoms with van der Waals surface area (Å²) < 4.78 is 19.3. The number of halogens is 2. The molecule has 1 heterocycles.